The van der Waals surface area contributed by atoms with E-state index < -0.39 is 0 Å². The van der Waals surface area contributed by atoms with Gasteiger partial charge in [-0.25, -0.2) is 0 Å². The molecule has 1 amide bonds. The Kier molecular flexibility index (Phi) is 4.36. The Balaban J connectivity index is 1.73. The number of ether oxygens (including phenoxy) is 1. The summed E-state index contributed by atoms with van der Waals surface area (Å²) in [5, 5.41) is 4.41. The lowest BCUT2D eigenvalue weighted by Gasteiger charge is -2.27. The van der Waals surface area contributed by atoms with E-state index >= 15 is 0 Å². The van der Waals surface area contributed by atoms with E-state index in [1.165, 1.54) is 23.7 Å². The maximum Gasteiger partial charge on any atom is 0.250 e. The summed E-state index contributed by atoms with van der Waals surface area (Å²) in [7, 11) is 0. The molecule has 0 aromatic carbocycles. The molecule has 1 saturated heterocycles. The van der Waals surface area contributed by atoms with Gasteiger partial charge in [0.05, 0.1) is 13.2 Å². The molecule has 1 N–H and O–H groups in total. The molecule has 0 unspecified atom stereocenters. The monoisotopic (exact) mass is 372 g/mol. The second-order valence-electron chi connectivity index (χ2n) is 5.75. The number of carbonyl (C=O) groups excluding carboxylic acids is 1. The molecule has 1 fully saturated rings. The van der Waals surface area contributed by atoms with Gasteiger partial charge < -0.3 is 18.5 Å². The van der Waals surface area contributed by atoms with Gasteiger partial charge in [-0.3, -0.25) is 14.9 Å². The topological polar surface area (TPSA) is 84.9 Å². The minimum Gasteiger partial charge on any atom is -0.448 e. The summed E-state index contributed by atoms with van der Waals surface area (Å²) < 4.78 is 17.3. The second kappa shape index (κ2) is 6.81. The third-order valence-corrected chi connectivity index (χ3v) is 5.07. The fourth-order valence-corrected chi connectivity index (χ4v) is 3.70. The van der Waals surface area contributed by atoms with Crippen molar-refractivity contribution in [3.8, 4) is 11.1 Å². The highest BCUT2D eigenvalue weighted by Gasteiger charge is 2.19. The van der Waals surface area contributed by atoms with Crippen molar-refractivity contribution in [1.29, 1.82) is 0 Å². The molecular formula is C18H16N2O5S. The Hall–Kier alpha value is -2.84. The zero-order chi connectivity index (χ0) is 18.1. The zero-order valence-electron chi connectivity index (χ0n) is 13.8. The van der Waals surface area contributed by atoms with E-state index in [9.17, 15) is 9.59 Å². The maximum atomic E-state index is 12.5. The van der Waals surface area contributed by atoms with E-state index in [1.54, 1.807) is 6.07 Å². The summed E-state index contributed by atoms with van der Waals surface area (Å²) in [4.78, 5) is 25.9. The SMILES string of the molecule is C=CC(=O)Nc1cc(-c2csc3c(=O)cc(N4CCOCC4)oc23)co1. The van der Waals surface area contributed by atoms with Gasteiger partial charge in [0, 0.05) is 41.7 Å². The number of nitrogens with one attached hydrogen (secondary N) is 1. The minimum absolute atomic E-state index is 0.0762. The average Bonchev–Trinajstić information content (AvgIpc) is 3.29. The molecule has 0 radical (unpaired) electrons. The third-order valence-electron chi connectivity index (χ3n) is 4.10. The van der Waals surface area contributed by atoms with Gasteiger partial charge in [-0.05, 0) is 6.08 Å². The molecule has 4 rings (SSSR count). The van der Waals surface area contributed by atoms with E-state index in [0.29, 0.717) is 48.4 Å². The van der Waals surface area contributed by atoms with Crippen LogP contribution in [0.25, 0.3) is 21.4 Å². The molecule has 8 heteroatoms. The lowest BCUT2D eigenvalue weighted by Crippen LogP contribution is -2.36. The summed E-state index contributed by atoms with van der Waals surface area (Å²) in [5.74, 6) is 0.479. The fourth-order valence-electron chi connectivity index (χ4n) is 2.78. The van der Waals surface area contributed by atoms with Crippen molar-refractivity contribution >= 4 is 39.3 Å². The Bertz CT molecular complexity index is 1030. The van der Waals surface area contributed by atoms with Crippen LogP contribution in [0.5, 0.6) is 0 Å². The molecule has 0 spiro atoms. The number of hydrogen-bond donors (Lipinski definition) is 1. The lowest BCUT2D eigenvalue weighted by molar-refractivity contribution is -0.112. The number of hydrogen-bond acceptors (Lipinski definition) is 7. The lowest BCUT2D eigenvalue weighted by atomic mass is 10.1. The molecule has 0 atom stereocenters. The van der Waals surface area contributed by atoms with Gasteiger partial charge in [-0.1, -0.05) is 6.58 Å². The molecule has 3 aromatic heterocycles. The molecule has 7 nitrogen and oxygen atoms in total. The van der Waals surface area contributed by atoms with Crippen LogP contribution in [-0.4, -0.2) is 32.2 Å². The van der Waals surface area contributed by atoms with Crippen molar-refractivity contribution in [3.63, 3.8) is 0 Å². The number of nitrogens with zero attached hydrogens (tertiary/aromatic N) is 1. The van der Waals surface area contributed by atoms with Crippen LogP contribution >= 0.6 is 11.3 Å². The van der Waals surface area contributed by atoms with Gasteiger partial charge in [0.25, 0.3) is 0 Å². The summed E-state index contributed by atoms with van der Waals surface area (Å²) in [6.07, 6.45) is 2.68. The summed E-state index contributed by atoms with van der Waals surface area (Å²) in [5.41, 5.74) is 1.91. The van der Waals surface area contributed by atoms with Crippen molar-refractivity contribution in [2.75, 3.05) is 36.5 Å². The van der Waals surface area contributed by atoms with E-state index in [4.69, 9.17) is 13.6 Å². The third kappa shape index (κ3) is 3.04. The Labute approximate surface area is 152 Å². The van der Waals surface area contributed by atoms with E-state index in [0.717, 1.165) is 17.2 Å². The van der Waals surface area contributed by atoms with E-state index in [1.807, 2.05) is 10.3 Å². The van der Waals surface area contributed by atoms with Crippen molar-refractivity contribution in [2.45, 2.75) is 0 Å². The van der Waals surface area contributed by atoms with Crippen LogP contribution in [0.1, 0.15) is 0 Å². The second-order valence-corrected chi connectivity index (χ2v) is 6.63. The van der Waals surface area contributed by atoms with Crippen LogP contribution in [-0.2, 0) is 9.53 Å². The number of thiophene rings is 1. The largest absolute Gasteiger partial charge is 0.448 e. The van der Waals surface area contributed by atoms with Crippen molar-refractivity contribution in [2.24, 2.45) is 0 Å². The molecule has 0 saturated carbocycles. The highest BCUT2D eigenvalue weighted by atomic mass is 32.1. The van der Waals surface area contributed by atoms with Crippen LogP contribution in [0, 0.1) is 0 Å². The Morgan fingerprint density at radius 3 is 2.88 bits per heavy atom. The smallest absolute Gasteiger partial charge is 0.250 e. The number of rotatable bonds is 4. The van der Waals surface area contributed by atoms with Crippen LogP contribution in [0.2, 0.25) is 0 Å². The zero-order valence-corrected chi connectivity index (χ0v) is 14.6. The molecule has 3 aromatic rings. The van der Waals surface area contributed by atoms with Gasteiger partial charge in [-0.15, -0.1) is 11.3 Å². The molecule has 134 valence electrons. The normalized spacial score (nSPS) is 14.5. The van der Waals surface area contributed by atoms with Crippen LogP contribution in [0.3, 0.4) is 0 Å². The molecule has 0 bridgehead atoms. The van der Waals surface area contributed by atoms with Crippen molar-refractivity contribution < 1.29 is 18.4 Å². The molecular weight excluding hydrogens is 356 g/mol. The van der Waals surface area contributed by atoms with Crippen LogP contribution in [0.15, 0.2) is 50.1 Å². The van der Waals surface area contributed by atoms with Crippen LogP contribution in [0.4, 0.5) is 11.8 Å². The first kappa shape index (κ1) is 16.6. The first-order valence-electron chi connectivity index (χ1n) is 8.06. The quantitative estimate of drug-likeness (QED) is 0.709. The maximum absolute atomic E-state index is 12.5. The van der Waals surface area contributed by atoms with E-state index in [2.05, 4.69) is 11.9 Å². The summed E-state index contributed by atoms with van der Waals surface area (Å²) >= 11 is 1.32. The fraction of sp³-hybridized carbons (Fsp3) is 0.222. The van der Waals surface area contributed by atoms with Gasteiger partial charge >= 0.3 is 0 Å². The highest BCUT2D eigenvalue weighted by Crippen LogP contribution is 2.36. The first-order chi connectivity index (χ1) is 12.7. The predicted molar refractivity (Wildman–Crippen MR) is 99.9 cm³/mol. The van der Waals surface area contributed by atoms with Crippen molar-refractivity contribution in [3.05, 3.63) is 46.7 Å². The number of fused-ring (bicyclic) bond motifs is 1. The number of amides is 1. The first-order valence-corrected chi connectivity index (χ1v) is 8.94. The Morgan fingerprint density at radius 1 is 1.31 bits per heavy atom. The average molecular weight is 372 g/mol. The van der Waals surface area contributed by atoms with Crippen molar-refractivity contribution in [1.82, 2.24) is 0 Å². The molecule has 1 aliphatic heterocycles. The van der Waals surface area contributed by atoms with Gasteiger partial charge in [-0.2, -0.15) is 0 Å². The molecule has 26 heavy (non-hydrogen) atoms. The standard InChI is InChI=1S/C18H16N2O5S/c1-2-14(22)19-15-7-11(9-24-15)12-10-26-18-13(21)8-16(25-17(12)18)20-3-5-23-6-4-20/h2,7-10H,1,3-6H2,(H,19,22). The van der Waals surface area contributed by atoms with Gasteiger partial charge in [0.2, 0.25) is 11.3 Å². The minimum atomic E-state index is -0.359. The molecule has 0 aliphatic carbocycles. The summed E-state index contributed by atoms with van der Waals surface area (Å²) in [6, 6.07) is 3.21. The van der Waals surface area contributed by atoms with Gasteiger partial charge in [0.15, 0.2) is 17.4 Å². The molecule has 1 aliphatic rings. The van der Waals surface area contributed by atoms with Crippen LogP contribution < -0.4 is 15.6 Å². The van der Waals surface area contributed by atoms with E-state index in [-0.39, 0.29) is 11.3 Å². The summed E-state index contributed by atoms with van der Waals surface area (Å²) in [6.45, 7) is 5.97. The predicted octanol–water partition coefficient (Wildman–Crippen LogP) is 3.08. The number of morpholine rings is 1. The number of carbonyl (C=O) groups is 1. The number of furan rings is 1. The highest BCUT2D eigenvalue weighted by molar-refractivity contribution is 7.17. The number of anilines is 2. The molecule has 4 heterocycles. The van der Waals surface area contributed by atoms with Gasteiger partial charge in [0.1, 0.15) is 11.0 Å². The Morgan fingerprint density at radius 2 is 2.12 bits per heavy atom.